The number of carbonyl (C=O) groups is 1. The van der Waals surface area contributed by atoms with Crippen LogP contribution in [0.4, 0.5) is 11.4 Å². The van der Waals surface area contributed by atoms with Crippen LogP contribution in [-0.2, 0) is 11.2 Å². The summed E-state index contributed by atoms with van der Waals surface area (Å²) in [5.41, 5.74) is 0.662. The van der Waals surface area contributed by atoms with Gasteiger partial charge in [-0.15, -0.1) is 0 Å². The topological polar surface area (TPSA) is 84.3 Å². The number of halogens is 2. The maximum Gasteiger partial charge on any atom is 0.294 e. The van der Waals surface area contributed by atoms with Crippen molar-refractivity contribution >= 4 is 57.8 Å². The van der Waals surface area contributed by atoms with E-state index in [1.807, 2.05) is 0 Å². The number of benzene rings is 2. The van der Waals surface area contributed by atoms with Gasteiger partial charge in [-0.25, -0.2) is 0 Å². The van der Waals surface area contributed by atoms with Crippen LogP contribution in [0.1, 0.15) is 5.56 Å². The first-order valence-electron chi connectivity index (χ1n) is 6.64. The Morgan fingerprint density at radius 1 is 1.12 bits per heavy atom. The zero-order valence-corrected chi connectivity index (χ0v) is 14.4. The van der Waals surface area contributed by atoms with E-state index in [2.05, 4.69) is 10.6 Å². The van der Waals surface area contributed by atoms with E-state index in [1.54, 1.807) is 24.3 Å². The molecule has 24 heavy (non-hydrogen) atoms. The van der Waals surface area contributed by atoms with E-state index in [4.69, 9.17) is 35.4 Å². The van der Waals surface area contributed by atoms with Crippen molar-refractivity contribution in [3.8, 4) is 0 Å². The van der Waals surface area contributed by atoms with Gasteiger partial charge < -0.3 is 10.6 Å². The molecule has 9 heteroatoms. The molecule has 0 aliphatic rings. The van der Waals surface area contributed by atoms with Crippen molar-refractivity contribution in [3.63, 3.8) is 0 Å². The van der Waals surface area contributed by atoms with Crippen molar-refractivity contribution in [3.05, 3.63) is 68.2 Å². The lowest BCUT2D eigenvalue weighted by Crippen LogP contribution is -2.35. The SMILES string of the molecule is O=C(Cc1ccc(Cl)cc1)NC(=S)Nc1ccc(Cl)cc1[N+](=O)[O-]. The van der Waals surface area contributed by atoms with Gasteiger partial charge in [-0.1, -0.05) is 35.3 Å². The average molecular weight is 384 g/mol. The second-order valence-electron chi connectivity index (χ2n) is 4.72. The number of amides is 1. The van der Waals surface area contributed by atoms with Gasteiger partial charge in [0.2, 0.25) is 5.91 Å². The first kappa shape index (κ1) is 18.1. The number of nitrogens with one attached hydrogen (secondary N) is 2. The van der Waals surface area contributed by atoms with Crippen molar-refractivity contribution in [1.29, 1.82) is 0 Å². The van der Waals surface area contributed by atoms with Gasteiger partial charge in [-0.2, -0.15) is 0 Å². The van der Waals surface area contributed by atoms with Gasteiger partial charge in [-0.3, -0.25) is 14.9 Å². The molecule has 0 aliphatic heterocycles. The van der Waals surface area contributed by atoms with Crippen LogP contribution in [0.3, 0.4) is 0 Å². The molecule has 0 fully saturated rings. The van der Waals surface area contributed by atoms with E-state index >= 15 is 0 Å². The fourth-order valence-corrected chi connectivity index (χ4v) is 2.39. The van der Waals surface area contributed by atoms with E-state index in [1.165, 1.54) is 18.2 Å². The maximum absolute atomic E-state index is 11.9. The Bertz CT molecular complexity index is 797. The minimum Gasteiger partial charge on any atom is -0.327 e. The lowest BCUT2D eigenvalue weighted by atomic mass is 10.1. The van der Waals surface area contributed by atoms with Crippen molar-refractivity contribution in [2.75, 3.05) is 5.32 Å². The van der Waals surface area contributed by atoms with Crippen LogP contribution in [0.5, 0.6) is 0 Å². The van der Waals surface area contributed by atoms with Crippen LogP contribution in [0.15, 0.2) is 42.5 Å². The summed E-state index contributed by atoms with van der Waals surface area (Å²) in [7, 11) is 0. The van der Waals surface area contributed by atoms with Crippen LogP contribution in [0, 0.1) is 10.1 Å². The first-order valence-corrected chi connectivity index (χ1v) is 7.81. The van der Waals surface area contributed by atoms with Gasteiger partial charge in [-0.05, 0) is 42.0 Å². The summed E-state index contributed by atoms with van der Waals surface area (Å²) in [4.78, 5) is 22.4. The molecular formula is C15H11Cl2N3O3S. The summed E-state index contributed by atoms with van der Waals surface area (Å²) < 4.78 is 0. The molecule has 0 saturated heterocycles. The molecule has 1 amide bonds. The van der Waals surface area contributed by atoms with Gasteiger partial charge in [0, 0.05) is 16.1 Å². The summed E-state index contributed by atoms with van der Waals surface area (Å²) in [6, 6.07) is 10.9. The van der Waals surface area contributed by atoms with Gasteiger partial charge in [0.25, 0.3) is 5.69 Å². The molecule has 2 aromatic rings. The second kappa shape index (κ2) is 8.05. The molecule has 0 bridgehead atoms. The lowest BCUT2D eigenvalue weighted by molar-refractivity contribution is -0.383. The number of nitrogens with zero attached hydrogens (tertiary/aromatic N) is 1. The molecule has 0 unspecified atom stereocenters. The molecule has 0 aromatic heterocycles. The number of carbonyl (C=O) groups excluding carboxylic acids is 1. The number of hydrogen-bond acceptors (Lipinski definition) is 4. The molecule has 6 nitrogen and oxygen atoms in total. The molecule has 124 valence electrons. The number of thiocarbonyl (C=S) groups is 1. The van der Waals surface area contributed by atoms with Crippen molar-refractivity contribution in [1.82, 2.24) is 5.32 Å². The van der Waals surface area contributed by atoms with Crippen molar-refractivity contribution in [2.45, 2.75) is 6.42 Å². The van der Waals surface area contributed by atoms with Gasteiger partial charge in [0.05, 0.1) is 11.3 Å². The number of hydrogen-bond donors (Lipinski definition) is 2. The monoisotopic (exact) mass is 383 g/mol. The third kappa shape index (κ3) is 5.16. The normalized spacial score (nSPS) is 10.1. The highest BCUT2D eigenvalue weighted by Gasteiger charge is 2.16. The quantitative estimate of drug-likeness (QED) is 0.474. The Hall–Kier alpha value is -2.22. The third-order valence-corrected chi connectivity index (χ3v) is 3.63. The Morgan fingerprint density at radius 2 is 1.75 bits per heavy atom. The van der Waals surface area contributed by atoms with Gasteiger partial charge >= 0.3 is 0 Å². The molecule has 2 aromatic carbocycles. The third-order valence-electron chi connectivity index (χ3n) is 2.94. The summed E-state index contributed by atoms with van der Waals surface area (Å²) in [5.74, 6) is -0.355. The molecule has 0 radical (unpaired) electrons. The average Bonchev–Trinajstić information content (AvgIpc) is 2.51. The summed E-state index contributed by atoms with van der Waals surface area (Å²) >= 11 is 16.5. The zero-order valence-electron chi connectivity index (χ0n) is 12.1. The number of nitro benzene ring substituents is 1. The number of nitro groups is 1. The van der Waals surface area contributed by atoms with E-state index in [0.717, 1.165) is 5.56 Å². The minimum atomic E-state index is -0.591. The highest BCUT2D eigenvalue weighted by Crippen LogP contribution is 2.27. The molecular weight excluding hydrogens is 373 g/mol. The maximum atomic E-state index is 11.9. The molecule has 0 aliphatic carbocycles. The fraction of sp³-hybridized carbons (Fsp3) is 0.0667. The molecule has 0 atom stereocenters. The Morgan fingerprint density at radius 3 is 2.38 bits per heavy atom. The summed E-state index contributed by atoms with van der Waals surface area (Å²) in [5, 5.41) is 16.9. The smallest absolute Gasteiger partial charge is 0.294 e. The van der Waals surface area contributed by atoms with Crippen LogP contribution < -0.4 is 10.6 Å². The second-order valence-corrected chi connectivity index (χ2v) is 6.01. The predicted octanol–water partition coefficient (Wildman–Crippen LogP) is 3.96. The molecule has 2 N–H and O–H groups in total. The standard InChI is InChI=1S/C15H11Cl2N3O3S/c16-10-3-1-9(2-4-10)7-14(21)19-15(24)18-12-6-5-11(17)8-13(12)20(22)23/h1-6,8H,7H2,(H2,18,19,21,24). The van der Waals surface area contributed by atoms with Crippen LogP contribution in [-0.4, -0.2) is 15.9 Å². The summed E-state index contributed by atoms with van der Waals surface area (Å²) in [6.45, 7) is 0. The Kier molecular flexibility index (Phi) is 6.08. The zero-order chi connectivity index (χ0) is 17.7. The fourth-order valence-electron chi connectivity index (χ4n) is 1.87. The highest BCUT2D eigenvalue weighted by molar-refractivity contribution is 7.80. The predicted molar refractivity (Wildman–Crippen MR) is 97.6 cm³/mol. The van der Waals surface area contributed by atoms with E-state index in [0.29, 0.717) is 5.02 Å². The molecule has 2 rings (SSSR count). The highest BCUT2D eigenvalue weighted by atomic mass is 35.5. The largest absolute Gasteiger partial charge is 0.327 e. The van der Waals surface area contributed by atoms with E-state index < -0.39 is 4.92 Å². The van der Waals surface area contributed by atoms with Crippen molar-refractivity contribution in [2.24, 2.45) is 0 Å². The Balaban J connectivity index is 1.99. The summed E-state index contributed by atoms with van der Waals surface area (Å²) in [6.07, 6.45) is 0.0989. The molecule has 0 heterocycles. The van der Waals surface area contributed by atoms with Crippen LogP contribution in [0.2, 0.25) is 10.0 Å². The van der Waals surface area contributed by atoms with E-state index in [9.17, 15) is 14.9 Å². The minimum absolute atomic E-state index is 0.0422. The first-order chi connectivity index (χ1) is 11.3. The van der Waals surface area contributed by atoms with Gasteiger partial charge in [0.1, 0.15) is 5.69 Å². The van der Waals surface area contributed by atoms with Crippen LogP contribution >= 0.6 is 35.4 Å². The number of rotatable bonds is 4. The Labute approximate surface area is 152 Å². The number of anilines is 1. The molecule has 0 spiro atoms. The van der Waals surface area contributed by atoms with E-state index in [-0.39, 0.29) is 33.8 Å². The van der Waals surface area contributed by atoms with Crippen LogP contribution in [0.25, 0.3) is 0 Å². The molecule has 0 saturated carbocycles. The van der Waals surface area contributed by atoms with Crippen molar-refractivity contribution < 1.29 is 9.72 Å². The lowest BCUT2D eigenvalue weighted by Gasteiger charge is -2.10. The van der Waals surface area contributed by atoms with Gasteiger partial charge in [0.15, 0.2) is 5.11 Å².